The van der Waals surface area contributed by atoms with Crippen molar-refractivity contribution in [3.05, 3.63) is 60.2 Å². The average molecular weight is 469 g/mol. The van der Waals surface area contributed by atoms with E-state index in [-0.39, 0.29) is 47.8 Å². The molecule has 0 radical (unpaired) electrons. The molecule has 3 aliphatic heterocycles. The van der Waals surface area contributed by atoms with Crippen LogP contribution < -0.4 is 14.7 Å². The van der Waals surface area contributed by atoms with E-state index in [1.54, 1.807) is 0 Å². The molecule has 8 nitrogen and oxygen atoms in total. The van der Waals surface area contributed by atoms with Crippen molar-refractivity contribution in [2.45, 2.75) is 24.9 Å². The molecule has 3 aliphatic rings. The first-order valence-corrected chi connectivity index (χ1v) is 11.2. The number of hydrogen-bond acceptors (Lipinski definition) is 5. The first-order chi connectivity index (χ1) is 16.3. The van der Waals surface area contributed by atoms with Crippen LogP contribution in [0.25, 0.3) is 0 Å². The Hall–Kier alpha value is -3.50. The maximum atomic E-state index is 13.6. The van der Waals surface area contributed by atoms with Crippen molar-refractivity contribution in [1.29, 1.82) is 0 Å². The second-order valence-corrected chi connectivity index (χ2v) is 8.77. The van der Waals surface area contributed by atoms with Gasteiger partial charge in [0.1, 0.15) is 11.6 Å². The quantitative estimate of drug-likeness (QED) is 0.644. The Labute approximate surface area is 194 Å². The van der Waals surface area contributed by atoms with Gasteiger partial charge in [-0.2, -0.15) is 0 Å². The lowest BCUT2D eigenvalue weighted by Crippen LogP contribution is -3.19. The molecular formula is C24H23F2N4O4+. The minimum atomic E-state index is -0.637. The van der Waals surface area contributed by atoms with Gasteiger partial charge in [0.05, 0.1) is 43.3 Å². The first kappa shape index (κ1) is 22.3. The lowest BCUT2D eigenvalue weighted by Gasteiger charge is -2.36. The minimum absolute atomic E-state index is 0.0128. The predicted molar refractivity (Wildman–Crippen MR) is 117 cm³/mol. The molecule has 3 heterocycles. The zero-order valence-corrected chi connectivity index (χ0v) is 18.2. The Kier molecular flexibility index (Phi) is 5.70. The van der Waals surface area contributed by atoms with Gasteiger partial charge in [-0.25, -0.2) is 18.6 Å². The number of imide groups is 2. The van der Waals surface area contributed by atoms with E-state index in [0.717, 1.165) is 20.8 Å². The molecule has 3 fully saturated rings. The van der Waals surface area contributed by atoms with Crippen molar-refractivity contribution in [3.63, 3.8) is 0 Å². The van der Waals surface area contributed by atoms with Crippen LogP contribution in [0.5, 0.6) is 0 Å². The number of benzene rings is 2. The molecule has 34 heavy (non-hydrogen) atoms. The monoisotopic (exact) mass is 469 g/mol. The van der Waals surface area contributed by atoms with Crippen LogP contribution >= 0.6 is 0 Å². The Morgan fingerprint density at radius 1 is 0.735 bits per heavy atom. The van der Waals surface area contributed by atoms with E-state index in [1.807, 2.05) is 4.90 Å². The number of hydrogen-bond donors (Lipinski definition) is 1. The fourth-order valence-electron chi connectivity index (χ4n) is 5.10. The lowest BCUT2D eigenvalue weighted by molar-refractivity contribution is -0.919. The lowest BCUT2D eigenvalue weighted by atomic mass is 10.1. The van der Waals surface area contributed by atoms with Crippen LogP contribution in [0.3, 0.4) is 0 Å². The highest BCUT2D eigenvalue weighted by Crippen LogP contribution is 2.27. The fourth-order valence-corrected chi connectivity index (χ4v) is 5.10. The van der Waals surface area contributed by atoms with Crippen LogP contribution in [-0.2, 0) is 19.2 Å². The van der Waals surface area contributed by atoms with E-state index < -0.39 is 23.7 Å². The summed E-state index contributed by atoms with van der Waals surface area (Å²) in [5.41, 5.74) is 0.442. The fraction of sp³-hybridized carbons (Fsp3) is 0.333. The number of anilines is 2. The molecule has 0 bridgehead atoms. The molecular weight excluding hydrogens is 446 g/mol. The molecule has 2 atom stereocenters. The summed E-state index contributed by atoms with van der Waals surface area (Å²) in [5, 5.41) is 0. The molecule has 2 aromatic rings. The van der Waals surface area contributed by atoms with Gasteiger partial charge in [0.25, 0.3) is 11.8 Å². The molecule has 10 heteroatoms. The summed E-state index contributed by atoms with van der Waals surface area (Å²) in [7, 11) is 0. The summed E-state index contributed by atoms with van der Waals surface area (Å²) in [6.07, 6.45) is 0.0533. The van der Waals surface area contributed by atoms with E-state index in [2.05, 4.69) is 0 Å². The number of carbonyl (C=O) groups is 4. The van der Waals surface area contributed by atoms with Crippen molar-refractivity contribution in [3.8, 4) is 0 Å². The molecule has 2 unspecified atom stereocenters. The number of rotatable bonds is 4. The zero-order valence-electron chi connectivity index (χ0n) is 18.2. The number of amides is 4. The number of quaternary nitrogens is 1. The molecule has 0 aromatic heterocycles. The number of piperazine rings is 1. The topological polar surface area (TPSA) is 82.4 Å². The number of halogens is 2. The molecule has 0 spiro atoms. The molecule has 4 amide bonds. The second-order valence-electron chi connectivity index (χ2n) is 8.77. The van der Waals surface area contributed by atoms with Gasteiger partial charge in [0, 0.05) is 13.1 Å². The minimum Gasteiger partial charge on any atom is -0.322 e. The van der Waals surface area contributed by atoms with E-state index in [4.69, 9.17) is 0 Å². The van der Waals surface area contributed by atoms with Gasteiger partial charge in [-0.15, -0.1) is 0 Å². The van der Waals surface area contributed by atoms with Crippen LogP contribution in [0.2, 0.25) is 0 Å². The molecule has 5 rings (SSSR count). The van der Waals surface area contributed by atoms with Crippen molar-refractivity contribution >= 4 is 35.0 Å². The van der Waals surface area contributed by atoms with Gasteiger partial charge in [-0.1, -0.05) is 12.1 Å². The summed E-state index contributed by atoms with van der Waals surface area (Å²) in [6.45, 7) is 1.96. The number of carbonyl (C=O) groups excluding carboxylic acids is 4. The summed E-state index contributed by atoms with van der Waals surface area (Å²) in [5.74, 6) is -2.53. The van der Waals surface area contributed by atoms with Crippen LogP contribution in [0.4, 0.5) is 20.2 Å². The Morgan fingerprint density at radius 3 is 1.82 bits per heavy atom. The first-order valence-electron chi connectivity index (χ1n) is 11.2. The van der Waals surface area contributed by atoms with Gasteiger partial charge < -0.3 is 4.90 Å². The Bertz CT molecular complexity index is 1090. The normalized spacial score (nSPS) is 24.5. The summed E-state index contributed by atoms with van der Waals surface area (Å²) in [4.78, 5) is 56.0. The third-order valence-corrected chi connectivity index (χ3v) is 6.78. The summed E-state index contributed by atoms with van der Waals surface area (Å²) < 4.78 is 27.2. The molecule has 2 aromatic carbocycles. The van der Waals surface area contributed by atoms with Crippen LogP contribution in [0.15, 0.2) is 48.5 Å². The van der Waals surface area contributed by atoms with Gasteiger partial charge in [-0.3, -0.25) is 24.1 Å². The summed E-state index contributed by atoms with van der Waals surface area (Å²) in [6, 6.07) is 9.58. The summed E-state index contributed by atoms with van der Waals surface area (Å²) >= 11 is 0. The maximum absolute atomic E-state index is 13.6. The highest BCUT2D eigenvalue weighted by atomic mass is 19.1. The predicted octanol–water partition coefficient (Wildman–Crippen LogP) is 0.129. The van der Waals surface area contributed by atoms with Crippen LogP contribution in [0, 0.1) is 11.6 Å². The van der Waals surface area contributed by atoms with Gasteiger partial charge in [0.15, 0.2) is 6.04 Å². The van der Waals surface area contributed by atoms with Crippen molar-refractivity contribution in [2.75, 3.05) is 36.0 Å². The van der Waals surface area contributed by atoms with E-state index in [1.165, 1.54) is 42.5 Å². The number of nitrogens with one attached hydrogen (secondary N) is 1. The third kappa shape index (κ3) is 3.88. The molecule has 0 aliphatic carbocycles. The Balaban J connectivity index is 1.24. The second kappa shape index (κ2) is 8.69. The van der Waals surface area contributed by atoms with Crippen molar-refractivity contribution in [2.24, 2.45) is 0 Å². The van der Waals surface area contributed by atoms with Crippen molar-refractivity contribution in [1.82, 2.24) is 4.90 Å². The van der Waals surface area contributed by atoms with E-state index in [0.29, 0.717) is 26.2 Å². The molecule has 1 N–H and O–H groups in total. The van der Waals surface area contributed by atoms with Gasteiger partial charge in [-0.05, 0) is 36.4 Å². The maximum Gasteiger partial charge on any atom is 0.292 e. The Morgan fingerprint density at radius 2 is 1.26 bits per heavy atom. The molecule has 3 saturated heterocycles. The van der Waals surface area contributed by atoms with Gasteiger partial charge >= 0.3 is 0 Å². The smallest absolute Gasteiger partial charge is 0.292 e. The zero-order chi connectivity index (χ0) is 24.0. The van der Waals surface area contributed by atoms with E-state index >= 15 is 0 Å². The average Bonchev–Trinajstić information content (AvgIpc) is 3.28. The standard InChI is InChI=1S/C24H22F2N4O4/c25-15-3-1-5-17(11-15)29-21(31)13-19(23(29)33)27-7-9-28(10-8-27)20-14-22(32)30(24(20)34)18-6-2-4-16(26)12-18/h1-6,11-12,19-20H,7-10,13-14H2/p+1. The largest absolute Gasteiger partial charge is 0.322 e. The van der Waals surface area contributed by atoms with Crippen LogP contribution in [0.1, 0.15) is 12.8 Å². The molecule has 176 valence electrons. The molecule has 0 saturated carbocycles. The van der Waals surface area contributed by atoms with E-state index in [9.17, 15) is 28.0 Å². The van der Waals surface area contributed by atoms with Crippen molar-refractivity contribution < 1.29 is 32.9 Å². The highest BCUT2D eigenvalue weighted by molar-refractivity contribution is 6.23. The van der Waals surface area contributed by atoms with Crippen LogP contribution in [-0.4, -0.2) is 66.8 Å². The third-order valence-electron chi connectivity index (χ3n) is 6.78. The number of nitrogens with zero attached hydrogens (tertiary/aromatic N) is 3. The van der Waals surface area contributed by atoms with Gasteiger partial charge in [0.2, 0.25) is 11.8 Å². The highest BCUT2D eigenvalue weighted by Gasteiger charge is 2.48. The SMILES string of the molecule is O=C1CC(N2CC[NH+](C3CC(=O)N(c4cccc(F)c4)C3=O)CC2)C(=O)N1c1cccc(F)c1.